The second-order valence-corrected chi connectivity index (χ2v) is 3.75. The summed E-state index contributed by atoms with van der Waals surface area (Å²) in [7, 11) is 0. The highest BCUT2D eigenvalue weighted by Crippen LogP contribution is 2.19. The van der Waals surface area contributed by atoms with E-state index >= 15 is 0 Å². The van der Waals surface area contributed by atoms with Crippen LogP contribution in [-0.4, -0.2) is 16.7 Å². The molecule has 0 aliphatic rings. The summed E-state index contributed by atoms with van der Waals surface area (Å²) in [5.41, 5.74) is 1.40. The molecule has 0 heterocycles. The number of hydrogen-bond acceptors (Lipinski definition) is 2. The molecule has 0 fully saturated rings. The molecule has 0 spiro atoms. The molecule has 2 amide bonds. The normalized spacial score (nSPS) is 9.53. The highest BCUT2D eigenvalue weighted by molar-refractivity contribution is 6.09. The van der Waals surface area contributed by atoms with Crippen molar-refractivity contribution < 1.29 is 9.59 Å². The summed E-state index contributed by atoms with van der Waals surface area (Å²) >= 11 is 0. The first-order valence-electron chi connectivity index (χ1n) is 5.20. The number of benzene rings is 1. The summed E-state index contributed by atoms with van der Waals surface area (Å²) in [6.07, 6.45) is 0. The molecule has 0 N–H and O–H groups in total. The Balaban J connectivity index is 3.10. The lowest BCUT2D eigenvalue weighted by molar-refractivity contribution is -0.136. The molecular formula is C14H15NO2. The molecular weight excluding hydrogens is 214 g/mol. The molecule has 0 atom stereocenters. The Morgan fingerprint density at radius 1 is 1.06 bits per heavy atom. The summed E-state index contributed by atoms with van der Waals surface area (Å²) in [5.74, 6) is -0.793. The van der Waals surface area contributed by atoms with Crippen molar-refractivity contribution in [2.45, 2.75) is 13.8 Å². The Morgan fingerprint density at radius 2 is 1.59 bits per heavy atom. The summed E-state index contributed by atoms with van der Waals surface area (Å²) in [6, 6.07) is 9.09. The average molecular weight is 229 g/mol. The maximum atomic E-state index is 11.8. The van der Waals surface area contributed by atoms with Gasteiger partial charge in [-0.15, -0.1) is 0 Å². The molecule has 17 heavy (non-hydrogen) atoms. The molecule has 0 aromatic heterocycles. The Labute approximate surface area is 101 Å². The number of imide groups is 1. The van der Waals surface area contributed by atoms with Crippen molar-refractivity contribution in [3.05, 3.63) is 54.6 Å². The SMILES string of the molecule is C=C(C)C(=O)N(C(=C)c1ccccc1)C(C)=O. The molecule has 1 aromatic carbocycles. The topological polar surface area (TPSA) is 37.4 Å². The van der Waals surface area contributed by atoms with Crippen LogP contribution in [0, 0.1) is 0 Å². The van der Waals surface area contributed by atoms with E-state index in [0.29, 0.717) is 11.3 Å². The van der Waals surface area contributed by atoms with Gasteiger partial charge in [0, 0.05) is 12.5 Å². The zero-order chi connectivity index (χ0) is 13.0. The third-order valence-electron chi connectivity index (χ3n) is 2.26. The van der Waals surface area contributed by atoms with Crippen molar-refractivity contribution >= 4 is 17.5 Å². The molecule has 1 aromatic rings. The van der Waals surface area contributed by atoms with E-state index in [1.165, 1.54) is 6.92 Å². The molecule has 0 aliphatic carbocycles. The van der Waals surface area contributed by atoms with Crippen molar-refractivity contribution in [3.63, 3.8) is 0 Å². The quantitative estimate of drug-likeness (QED) is 0.747. The predicted molar refractivity (Wildman–Crippen MR) is 67.8 cm³/mol. The fraction of sp³-hybridized carbons (Fsp3) is 0.143. The van der Waals surface area contributed by atoms with Crippen molar-refractivity contribution in [2.75, 3.05) is 0 Å². The second kappa shape index (κ2) is 5.25. The second-order valence-electron chi connectivity index (χ2n) is 3.75. The molecule has 88 valence electrons. The number of nitrogens with zero attached hydrogens (tertiary/aromatic N) is 1. The zero-order valence-corrected chi connectivity index (χ0v) is 10.1. The van der Waals surface area contributed by atoms with Gasteiger partial charge in [0.2, 0.25) is 5.91 Å². The van der Waals surface area contributed by atoms with Crippen molar-refractivity contribution in [2.24, 2.45) is 0 Å². The number of rotatable bonds is 3. The highest BCUT2D eigenvalue weighted by Gasteiger charge is 2.22. The predicted octanol–water partition coefficient (Wildman–Crippen LogP) is 2.61. The van der Waals surface area contributed by atoms with E-state index in [4.69, 9.17) is 0 Å². The maximum absolute atomic E-state index is 11.8. The lowest BCUT2D eigenvalue weighted by atomic mass is 10.1. The van der Waals surface area contributed by atoms with Crippen LogP contribution in [0.2, 0.25) is 0 Å². The van der Waals surface area contributed by atoms with Crippen LogP contribution in [0.1, 0.15) is 19.4 Å². The van der Waals surface area contributed by atoms with Gasteiger partial charge in [-0.3, -0.25) is 9.59 Å². The minimum atomic E-state index is -0.425. The Hall–Kier alpha value is -2.16. The van der Waals surface area contributed by atoms with Gasteiger partial charge >= 0.3 is 0 Å². The minimum absolute atomic E-state index is 0.303. The van der Waals surface area contributed by atoms with Gasteiger partial charge < -0.3 is 0 Å². The van der Waals surface area contributed by atoms with E-state index in [9.17, 15) is 9.59 Å². The van der Waals surface area contributed by atoms with Gasteiger partial charge in [-0.1, -0.05) is 43.5 Å². The number of amides is 2. The molecule has 0 radical (unpaired) electrons. The Bertz CT molecular complexity index is 474. The molecule has 0 saturated carbocycles. The average Bonchev–Trinajstić information content (AvgIpc) is 2.29. The lowest BCUT2D eigenvalue weighted by Crippen LogP contribution is -2.33. The monoisotopic (exact) mass is 229 g/mol. The Kier molecular flexibility index (Phi) is 3.99. The first kappa shape index (κ1) is 12.9. The number of carbonyl (C=O) groups excluding carboxylic acids is 2. The fourth-order valence-corrected chi connectivity index (χ4v) is 1.41. The van der Waals surface area contributed by atoms with E-state index < -0.39 is 5.91 Å². The lowest BCUT2D eigenvalue weighted by Gasteiger charge is -2.21. The van der Waals surface area contributed by atoms with Crippen LogP contribution in [-0.2, 0) is 9.59 Å². The van der Waals surface area contributed by atoms with Crippen molar-refractivity contribution in [1.82, 2.24) is 4.90 Å². The summed E-state index contributed by atoms with van der Waals surface area (Å²) in [6.45, 7) is 10.2. The van der Waals surface area contributed by atoms with Crippen LogP contribution < -0.4 is 0 Å². The summed E-state index contributed by atoms with van der Waals surface area (Å²) < 4.78 is 0. The van der Waals surface area contributed by atoms with Gasteiger partial charge in [0.15, 0.2) is 0 Å². The van der Waals surface area contributed by atoms with Gasteiger partial charge in [0.1, 0.15) is 0 Å². The number of hydrogen-bond donors (Lipinski definition) is 0. The first-order chi connectivity index (χ1) is 7.95. The van der Waals surface area contributed by atoms with Crippen LogP contribution >= 0.6 is 0 Å². The van der Waals surface area contributed by atoms with Crippen LogP contribution in [0.4, 0.5) is 0 Å². The first-order valence-corrected chi connectivity index (χ1v) is 5.20. The maximum Gasteiger partial charge on any atom is 0.260 e. The zero-order valence-electron chi connectivity index (χ0n) is 10.1. The number of carbonyl (C=O) groups is 2. The molecule has 0 saturated heterocycles. The molecule has 0 bridgehead atoms. The van der Waals surface area contributed by atoms with Gasteiger partial charge in [-0.2, -0.15) is 0 Å². The largest absolute Gasteiger partial charge is 0.274 e. The van der Waals surface area contributed by atoms with Crippen LogP contribution in [0.15, 0.2) is 49.1 Å². The van der Waals surface area contributed by atoms with Crippen LogP contribution in [0.5, 0.6) is 0 Å². The van der Waals surface area contributed by atoms with Crippen LogP contribution in [0.25, 0.3) is 5.70 Å². The molecule has 0 aliphatic heterocycles. The molecule has 3 nitrogen and oxygen atoms in total. The van der Waals surface area contributed by atoms with E-state index in [-0.39, 0.29) is 5.91 Å². The highest BCUT2D eigenvalue weighted by atomic mass is 16.2. The third-order valence-corrected chi connectivity index (χ3v) is 2.26. The van der Waals surface area contributed by atoms with E-state index in [0.717, 1.165) is 10.5 Å². The minimum Gasteiger partial charge on any atom is -0.274 e. The smallest absolute Gasteiger partial charge is 0.260 e. The van der Waals surface area contributed by atoms with E-state index in [1.807, 2.05) is 18.2 Å². The van der Waals surface area contributed by atoms with Crippen molar-refractivity contribution in [1.29, 1.82) is 0 Å². The Morgan fingerprint density at radius 3 is 2.00 bits per heavy atom. The van der Waals surface area contributed by atoms with Gasteiger partial charge in [0.05, 0.1) is 5.70 Å². The third kappa shape index (κ3) is 2.91. The van der Waals surface area contributed by atoms with Gasteiger partial charge in [0.25, 0.3) is 5.91 Å². The van der Waals surface area contributed by atoms with E-state index in [1.54, 1.807) is 19.1 Å². The molecule has 3 heteroatoms. The van der Waals surface area contributed by atoms with E-state index in [2.05, 4.69) is 13.2 Å². The van der Waals surface area contributed by atoms with Gasteiger partial charge in [-0.05, 0) is 12.5 Å². The van der Waals surface area contributed by atoms with Crippen molar-refractivity contribution in [3.8, 4) is 0 Å². The summed E-state index contributed by atoms with van der Waals surface area (Å²) in [4.78, 5) is 24.4. The summed E-state index contributed by atoms with van der Waals surface area (Å²) in [5, 5.41) is 0. The van der Waals surface area contributed by atoms with Crippen LogP contribution in [0.3, 0.4) is 0 Å². The standard InChI is InChI=1S/C14H15NO2/c1-10(2)14(17)15(12(4)16)11(3)13-8-6-5-7-9-13/h5-9H,1,3H2,2,4H3. The fourth-order valence-electron chi connectivity index (χ4n) is 1.41. The van der Waals surface area contributed by atoms with Gasteiger partial charge in [-0.25, -0.2) is 4.90 Å². The molecule has 1 rings (SSSR count). The molecule has 0 unspecified atom stereocenters.